The van der Waals surface area contributed by atoms with Crippen LogP contribution in [0.4, 0.5) is 0 Å². The molecule has 38 heavy (non-hydrogen) atoms. The summed E-state index contributed by atoms with van der Waals surface area (Å²) in [6.45, 7) is 14.0. The molecule has 0 aliphatic carbocycles. The van der Waals surface area contributed by atoms with Crippen LogP contribution in [0.15, 0.2) is 48.5 Å². The normalized spacial score (nSPS) is 21.2. The lowest BCUT2D eigenvalue weighted by atomic mass is 9.90. The first kappa shape index (κ1) is 28.3. The second-order valence-corrected chi connectivity index (χ2v) is 12.8. The fourth-order valence-electron chi connectivity index (χ4n) is 5.72. The molecular formula is C31H44N4O3. The minimum absolute atomic E-state index is 0.0498. The molecule has 2 aromatic rings. The van der Waals surface area contributed by atoms with E-state index in [1.807, 2.05) is 77.9 Å². The number of nitrogens with one attached hydrogen (secondary N) is 2. The Labute approximate surface area is 227 Å². The highest BCUT2D eigenvalue weighted by molar-refractivity contribution is 5.85. The Morgan fingerprint density at radius 3 is 1.50 bits per heavy atom. The van der Waals surface area contributed by atoms with Crippen molar-refractivity contribution in [1.29, 1.82) is 0 Å². The standard InChI is InChI=1S/C31H44N4O3/c1-30(2,3)32-28(37)26-24-13-9-7-11-21(24)15-17-34(26)19-23(36)20-35-18-16-22-12-8-10-14-25(22)27(35)29(38)33-31(4,5)6/h7-14,23,26-27,36H,15-20H2,1-6H3,(H,32,37)(H,33,38). The summed E-state index contributed by atoms with van der Waals surface area (Å²) >= 11 is 0. The molecule has 0 radical (unpaired) electrons. The van der Waals surface area contributed by atoms with Crippen LogP contribution in [0.25, 0.3) is 0 Å². The van der Waals surface area contributed by atoms with Gasteiger partial charge in [-0.3, -0.25) is 19.4 Å². The molecule has 4 rings (SSSR count). The van der Waals surface area contributed by atoms with Gasteiger partial charge in [-0.15, -0.1) is 0 Å². The van der Waals surface area contributed by atoms with Crippen molar-refractivity contribution in [3.8, 4) is 0 Å². The third kappa shape index (κ3) is 6.82. The second kappa shape index (κ2) is 11.2. The first-order chi connectivity index (χ1) is 17.8. The number of hydrogen-bond donors (Lipinski definition) is 3. The Kier molecular flexibility index (Phi) is 8.31. The van der Waals surface area contributed by atoms with Crippen LogP contribution in [-0.2, 0) is 22.4 Å². The largest absolute Gasteiger partial charge is 0.390 e. The number of β-amino-alcohol motifs (C(OH)–C–C–N with tert-alkyl or cyclic N) is 1. The number of carbonyl (C=O) groups is 2. The summed E-state index contributed by atoms with van der Waals surface area (Å²) in [6, 6.07) is 15.3. The van der Waals surface area contributed by atoms with Crippen molar-refractivity contribution in [2.75, 3.05) is 26.2 Å². The zero-order valence-electron chi connectivity index (χ0n) is 23.8. The molecule has 206 valence electrons. The van der Waals surface area contributed by atoms with Crippen LogP contribution in [0.1, 0.15) is 75.9 Å². The monoisotopic (exact) mass is 520 g/mol. The topological polar surface area (TPSA) is 84.9 Å². The smallest absolute Gasteiger partial charge is 0.242 e. The van der Waals surface area contributed by atoms with Gasteiger partial charge in [0.1, 0.15) is 12.1 Å². The molecule has 0 spiro atoms. The zero-order chi connectivity index (χ0) is 27.7. The second-order valence-electron chi connectivity index (χ2n) is 12.8. The van der Waals surface area contributed by atoms with Crippen molar-refractivity contribution in [3.05, 3.63) is 70.8 Å². The summed E-state index contributed by atoms with van der Waals surface area (Å²) in [5, 5.41) is 17.7. The number of aliphatic hydroxyl groups excluding tert-OH is 1. The summed E-state index contributed by atoms with van der Waals surface area (Å²) in [6.07, 6.45) is 0.937. The predicted molar refractivity (Wildman–Crippen MR) is 151 cm³/mol. The Bertz CT molecular complexity index is 1060. The Morgan fingerprint density at radius 2 is 1.13 bits per heavy atom. The lowest BCUT2D eigenvalue weighted by Gasteiger charge is -2.41. The maximum absolute atomic E-state index is 13.5. The lowest BCUT2D eigenvalue weighted by Crippen LogP contribution is -2.54. The van der Waals surface area contributed by atoms with Gasteiger partial charge < -0.3 is 15.7 Å². The number of hydrogen-bond acceptors (Lipinski definition) is 5. The molecule has 0 saturated heterocycles. The number of aliphatic hydroxyl groups is 1. The fraction of sp³-hybridized carbons (Fsp3) is 0.548. The van der Waals surface area contributed by atoms with E-state index in [1.54, 1.807) is 0 Å². The summed E-state index contributed by atoms with van der Waals surface area (Å²) in [5.74, 6) is -0.0997. The highest BCUT2D eigenvalue weighted by Gasteiger charge is 2.38. The molecule has 0 fully saturated rings. The molecule has 0 saturated carbocycles. The minimum Gasteiger partial charge on any atom is -0.390 e. The van der Waals surface area contributed by atoms with Gasteiger partial charge in [0, 0.05) is 37.3 Å². The zero-order valence-corrected chi connectivity index (χ0v) is 23.8. The van der Waals surface area contributed by atoms with Gasteiger partial charge in [-0.25, -0.2) is 0 Å². The number of amides is 2. The van der Waals surface area contributed by atoms with Crippen LogP contribution >= 0.6 is 0 Å². The van der Waals surface area contributed by atoms with Crippen LogP contribution in [0.3, 0.4) is 0 Å². The van der Waals surface area contributed by atoms with Crippen molar-refractivity contribution < 1.29 is 14.7 Å². The van der Waals surface area contributed by atoms with Crippen LogP contribution < -0.4 is 10.6 Å². The van der Waals surface area contributed by atoms with E-state index >= 15 is 0 Å². The summed E-state index contributed by atoms with van der Waals surface area (Å²) in [4.78, 5) is 31.1. The fourth-order valence-corrected chi connectivity index (χ4v) is 5.72. The van der Waals surface area contributed by atoms with Crippen molar-refractivity contribution >= 4 is 11.8 Å². The average molecular weight is 521 g/mol. The predicted octanol–water partition coefficient (Wildman–Crippen LogP) is 3.38. The third-order valence-electron chi connectivity index (χ3n) is 7.15. The number of fused-ring (bicyclic) bond motifs is 2. The Morgan fingerprint density at radius 1 is 0.763 bits per heavy atom. The van der Waals surface area contributed by atoms with E-state index in [1.165, 1.54) is 11.1 Å². The number of benzene rings is 2. The number of carbonyl (C=O) groups excluding carboxylic acids is 2. The van der Waals surface area contributed by atoms with E-state index in [9.17, 15) is 14.7 Å². The van der Waals surface area contributed by atoms with Gasteiger partial charge in [0.15, 0.2) is 0 Å². The van der Waals surface area contributed by atoms with Crippen molar-refractivity contribution in [1.82, 2.24) is 20.4 Å². The van der Waals surface area contributed by atoms with Gasteiger partial charge in [0.2, 0.25) is 11.8 Å². The first-order valence-corrected chi connectivity index (χ1v) is 13.8. The highest BCUT2D eigenvalue weighted by Crippen LogP contribution is 2.33. The van der Waals surface area contributed by atoms with Crippen molar-refractivity contribution in [2.24, 2.45) is 0 Å². The molecular weight excluding hydrogens is 476 g/mol. The van der Waals surface area contributed by atoms with Gasteiger partial charge in [0.25, 0.3) is 0 Å². The van der Waals surface area contributed by atoms with Crippen molar-refractivity contribution in [2.45, 2.75) is 83.6 Å². The first-order valence-electron chi connectivity index (χ1n) is 13.8. The SMILES string of the molecule is CC(C)(C)NC(=O)C1c2ccccc2CCN1CC(O)CN1CCc2ccccc2C1C(=O)NC(C)(C)C. The van der Waals surface area contributed by atoms with Gasteiger partial charge in [-0.2, -0.15) is 0 Å². The molecule has 3 N–H and O–H groups in total. The van der Waals surface area contributed by atoms with Crippen LogP contribution in [0.2, 0.25) is 0 Å². The highest BCUT2D eigenvalue weighted by atomic mass is 16.3. The number of rotatable bonds is 6. The summed E-state index contributed by atoms with van der Waals surface area (Å²) < 4.78 is 0. The van der Waals surface area contributed by atoms with E-state index < -0.39 is 18.2 Å². The van der Waals surface area contributed by atoms with Gasteiger partial charge in [0.05, 0.1) is 6.10 Å². The molecule has 0 bridgehead atoms. The van der Waals surface area contributed by atoms with Gasteiger partial charge >= 0.3 is 0 Å². The molecule has 0 aromatic heterocycles. The quantitative estimate of drug-likeness (QED) is 0.544. The van der Waals surface area contributed by atoms with Crippen molar-refractivity contribution in [3.63, 3.8) is 0 Å². The number of nitrogens with zero attached hydrogens (tertiary/aromatic N) is 2. The van der Waals surface area contributed by atoms with E-state index in [0.717, 1.165) is 24.0 Å². The molecule has 2 atom stereocenters. The molecule has 2 amide bonds. The van der Waals surface area contributed by atoms with Gasteiger partial charge in [-0.1, -0.05) is 48.5 Å². The maximum Gasteiger partial charge on any atom is 0.242 e. The molecule has 7 nitrogen and oxygen atoms in total. The lowest BCUT2D eigenvalue weighted by molar-refractivity contribution is -0.129. The summed E-state index contributed by atoms with van der Waals surface area (Å²) in [5.41, 5.74) is 3.65. The molecule has 2 aliphatic rings. The average Bonchev–Trinajstić information content (AvgIpc) is 2.81. The van der Waals surface area contributed by atoms with Gasteiger partial charge in [-0.05, 0) is 76.6 Å². The molecule has 2 aromatic carbocycles. The Hall–Kier alpha value is -2.74. The molecule has 2 aliphatic heterocycles. The third-order valence-corrected chi connectivity index (χ3v) is 7.15. The van der Waals surface area contributed by atoms with E-state index in [4.69, 9.17) is 0 Å². The van der Waals surface area contributed by atoms with Crippen LogP contribution in [-0.4, -0.2) is 70.1 Å². The molecule has 7 heteroatoms. The van der Waals surface area contributed by atoms with E-state index in [2.05, 4.69) is 32.6 Å². The van der Waals surface area contributed by atoms with E-state index in [0.29, 0.717) is 26.2 Å². The van der Waals surface area contributed by atoms with E-state index in [-0.39, 0.29) is 22.9 Å². The molecule has 2 heterocycles. The summed E-state index contributed by atoms with van der Waals surface area (Å²) in [7, 11) is 0. The van der Waals surface area contributed by atoms with Crippen LogP contribution in [0.5, 0.6) is 0 Å². The van der Waals surface area contributed by atoms with Crippen LogP contribution in [0, 0.1) is 0 Å². The minimum atomic E-state index is -0.722. The molecule has 2 unspecified atom stereocenters. The maximum atomic E-state index is 13.5. The Balaban J connectivity index is 1.54.